The normalized spacial score (nSPS) is 20.4. The first kappa shape index (κ1) is 16.7. The van der Waals surface area contributed by atoms with E-state index in [1.165, 1.54) is 12.1 Å². The summed E-state index contributed by atoms with van der Waals surface area (Å²) in [7, 11) is 0. The molecule has 5 N–H and O–H groups in total. The summed E-state index contributed by atoms with van der Waals surface area (Å²) in [6.07, 6.45) is 6.84. The van der Waals surface area contributed by atoms with Crippen LogP contribution in [0.2, 0.25) is 0 Å². The number of anilines is 3. The lowest BCUT2D eigenvalue weighted by Crippen LogP contribution is -2.26. The molecule has 0 spiro atoms. The Morgan fingerprint density at radius 2 is 1.92 bits per heavy atom. The van der Waals surface area contributed by atoms with Crippen LogP contribution in [0.3, 0.4) is 0 Å². The van der Waals surface area contributed by atoms with Gasteiger partial charge in [0.15, 0.2) is 5.65 Å². The fraction of sp³-hybridized carbons (Fsp3) is 0.333. The Bertz CT molecular complexity index is 946. The molecule has 2 aromatic heterocycles. The Hall–Kier alpha value is -2.74. The maximum absolute atomic E-state index is 14.2. The van der Waals surface area contributed by atoms with Gasteiger partial charge in [-0.25, -0.2) is 18.3 Å². The van der Waals surface area contributed by atoms with E-state index >= 15 is 0 Å². The minimum Gasteiger partial charge on any atom is -0.382 e. The summed E-state index contributed by atoms with van der Waals surface area (Å²) < 4.78 is 29.0. The maximum atomic E-state index is 14.2. The minimum atomic E-state index is -0.679. The van der Waals surface area contributed by atoms with Crippen LogP contribution in [0.1, 0.15) is 37.2 Å². The van der Waals surface area contributed by atoms with Crippen molar-refractivity contribution in [3.63, 3.8) is 0 Å². The third-order valence-electron chi connectivity index (χ3n) is 4.98. The smallest absolute Gasteiger partial charge is 0.177 e. The van der Waals surface area contributed by atoms with E-state index in [-0.39, 0.29) is 17.6 Å². The number of aromatic nitrogens is 3. The number of benzene rings is 1. The average Bonchev–Trinajstić information content (AvgIpc) is 3.06. The number of fused-ring (bicyclic) bond motifs is 1. The summed E-state index contributed by atoms with van der Waals surface area (Å²) in [5.41, 5.74) is 14.4. The van der Waals surface area contributed by atoms with E-state index in [4.69, 9.17) is 11.5 Å². The van der Waals surface area contributed by atoms with Gasteiger partial charge in [-0.15, -0.1) is 5.10 Å². The molecule has 0 atom stereocenters. The number of nitrogens with two attached hydrogens (primary N) is 2. The first-order valence-corrected chi connectivity index (χ1v) is 8.63. The Morgan fingerprint density at radius 3 is 2.65 bits per heavy atom. The number of nitrogen functional groups attached to an aromatic ring is 1. The van der Waals surface area contributed by atoms with Crippen LogP contribution in [0.4, 0.5) is 26.0 Å². The van der Waals surface area contributed by atoms with Crippen molar-refractivity contribution < 1.29 is 8.78 Å². The molecule has 0 radical (unpaired) electrons. The van der Waals surface area contributed by atoms with E-state index in [9.17, 15) is 8.78 Å². The third kappa shape index (κ3) is 2.96. The number of halogens is 2. The van der Waals surface area contributed by atoms with Crippen molar-refractivity contribution in [3.8, 4) is 0 Å². The molecule has 1 aromatic carbocycles. The van der Waals surface area contributed by atoms with Crippen LogP contribution in [0.5, 0.6) is 0 Å². The zero-order chi connectivity index (χ0) is 18.3. The van der Waals surface area contributed by atoms with Gasteiger partial charge in [-0.2, -0.15) is 0 Å². The summed E-state index contributed by atoms with van der Waals surface area (Å²) in [5, 5.41) is 7.45. The summed E-state index contributed by atoms with van der Waals surface area (Å²) in [5.74, 6) is -0.771. The van der Waals surface area contributed by atoms with Gasteiger partial charge >= 0.3 is 0 Å². The SMILES string of the molecule is Nc1nn2ccnc2c(Nc2ccc(F)cc2F)c1[C@H]1CC[C@H](N)CC1. The van der Waals surface area contributed by atoms with Crippen molar-refractivity contribution in [1.29, 1.82) is 0 Å². The van der Waals surface area contributed by atoms with Crippen LogP contribution in [-0.2, 0) is 0 Å². The fourth-order valence-electron chi connectivity index (χ4n) is 3.64. The van der Waals surface area contributed by atoms with Gasteiger partial charge in [-0.1, -0.05) is 0 Å². The molecule has 0 amide bonds. The molecule has 0 unspecified atom stereocenters. The van der Waals surface area contributed by atoms with Crippen molar-refractivity contribution in [2.45, 2.75) is 37.6 Å². The first-order valence-electron chi connectivity index (χ1n) is 8.63. The van der Waals surface area contributed by atoms with Crippen LogP contribution >= 0.6 is 0 Å². The summed E-state index contributed by atoms with van der Waals surface area (Å²) in [6.45, 7) is 0. The molecule has 0 aliphatic heterocycles. The van der Waals surface area contributed by atoms with Gasteiger partial charge in [-0.3, -0.25) is 0 Å². The monoisotopic (exact) mass is 358 g/mol. The molecule has 1 saturated carbocycles. The number of nitrogens with one attached hydrogen (secondary N) is 1. The van der Waals surface area contributed by atoms with Gasteiger partial charge in [-0.05, 0) is 43.7 Å². The zero-order valence-corrected chi connectivity index (χ0v) is 14.1. The predicted molar refractivity (Wildman–Crippen MR) is 96.2 cm³/mol. The first-order chi connectivity index (χ1) is 12.5. The van der Waals surface area contributed by atoms with Gasteiger partial charge in [0.1, 0.15) is 17.5 Å². The highest BCUT2D eigenvalue weighted by Gasteiger charge is 2.27. The molecule has 6 nitrogen and oxygen atoms in total. The zero-order valence-electron chi connectivity index (χ0n) is 14.1. The number of hydrogen-bond donors (Lipinski definition) is 3. The summed E-state index contributed by atoms with van der Waals surface area (Å²) >= 11 is 0. The van der Waals surface area contributed by atoms with Crippen molar-refractivity contribution in [3.05, 3.63) is 47.8 Å². The molecule has 0 bridgehead atoms. The van der Waals surface area contributed by atoms with Crippen LogP contribution in [0.15, 0.2) is 30.6 Å². The Morgan fingerprint density at radius 1 is 1.15 bits per heavy atom. The van der Waals surface area contributed by atoms with E-state index in [1.54, 1.807) is 16.9 Å². The number of rotatable bonds is 3. The second-order valence-corrected chi connectivity index (χ2v) is 6.73. The van der Waals surface area contributed by atoms with Crippen LogP contribution < -0.4 is 16.8 Å². The minimum absolute atomic E-state index is 0.162. The molecule has 136 valence electrons. The Kier molecular flexibility index (Phi) is 4.20. The maximum Gasteiger partial charge on any atom is 0.177 e. The van der Waals surface area contributed by atoms with Gasteiger partial charge < -0.3 is 16.8 Å². The van der Waals surface area contributed by atoms with Crippen molar-refractivity contribution in [1.82, 2.24) is 14.6 Å². The van der Waals surface area contributed by atoms with Crippen molar-refractivity contribution >= 4 is 22.8 Å². The molecule has 3 aromatic rings. The molecule has 26 heavy (non-hydrogen) atoms. The second kappa shape index (κ2) is 6.53. The lowest BCUT2D eigenvalue weighted by molar-refractivity contribution is 0.396. The van der Waals surface area contributed by atoms with Crippen molar-refractivity contribution in [2.24, 2.45) is 5.73 Å². The Balaban J connectivity index is 1.82. The molecule has 0 saturated heterocycles. The van der Waals surface area contributed by atoms with E-state index in [2.05, 4.69) is 15.4 Å². The Labute approximate surface area is 149 Å². The molecule has 1 aliphatic carbocycles. The quantitative estimate of drug-likeness (QED) is 0.668. The summed E-state index contributed by atoms with van der Waals surface area (Å²) in [4.78, 5) is 4.33. The van der Waals surface area contributed by atoms with Gasteiger partial charge in [0.05, 0.1) is 11.4 Å². The van der Waals surface area contributed by atoms with Crippen LogP contribution in [0, 0.1) is 11.6 Å². The molecule has 2 heterocycles. The van der Waals surface area contributed by atoms with E-state index in [0.29, 0.717) is 17.2 Å². The van der Waals surface area contributed by atoms with E-state index in [0.717, 1.165) is 37.3 Å². The highest BCUT2D eigenvalue weighted by Crippen LogP contribution is 2.41. The van der Waals surface area contributed by atoms with Crippen LogP contribution in [0.25, 0.3) is 5.65 Å². The second-order valence-electron chi connectivity index (χ2n) is 6.73. The fourth-order valence-corrected chi connectivity index (χ4v) is 3.64. The van der Waals surface area contributed by atoms with E-state index in [1.807, 2.05) is 0 Å². The lowest BCUT2D eigenvalue weighted by atomic mass is 9.81. The number of nitrogens with zero attached hydrogens (tertiary/aromatic N) is 3. The molecule has 1 fully saturated rings. The third-order valence-corrected chi connectivity index (χ3v) is 4.98. The number of imidazole rings is 1. The van der Waals surface area contributed by atoms with Gasteiger partial charge in [0, 0.05) is 30.1 Å². The lowest BCUT2D eigenvalue weighted by Gasteiger charge is -2.28. The van der Waals surface area contributed by atoms with Crippen molar-refractivity contribution in [2.75, 3.05) is 11.1 Å². The highest BCUT2D eigenvalue weighted by atomic mass is 19.1. The molecule has 8 heteroatoms. The number of hydrogen-bond acceptors (Lipinski definition) is 5. The molecule has 1 aliphatic rings. The van der Waals surface area contributed by atoms with Crippen LogP contribution in [-0.4, -0.2) is 20.6 Å². The molecular formula is C18H20F2N6. The predicted octanol–water partition coefficient (Wildman–Crippen LogP) is 3.32. The van der Waals surface area contributed by atoms with E-state index < -0.39 is 11.6 Å². The topological polar surface area (TPSA) is 94.3 Å². The summed E-state index contributed by atoms with van der Waals surface area (Å²) in [6, 6.07) is 3.61. The largest absolute Gasteiger partial charge is 0.382 e. The highest BCUT2D eigenvalue weighted by molar-refractivity contribution is 5.80. The standard InChI is InChI=1S/C18H20F2N6/c19-11-3-6-14(13(20)9-11)24-16-15(10-1-4-12(21)5-2-10)17(22)25-26-8-7-23-18(16)26/h3,6-10,12,24H,1-2,4-5,21H2,(H2,22,25)/t10-,12-. The van der Waals surface area contributed by atoms with Gasteiger partial charge in [0.2, 0.25) is 0 Å². The van der Waals surface area contributed by atoms with Gasteiger partial charge in [0.25, 0.3) is 0 Å². The molecular weight excluding hydrogens is 338 g/mol. The molecule has 4 rings (SSSR count). The average molecular weight is 358 g/mol.